The van der Waals surface area contributed by atoms with Crippen molar-refractivity contribution in [3.63, 3.8) is 0 Å². The molecule has 3 heterocycles. The summed E-state index contributed by atoms with van der Waals surface area (Å²) in [5.41, 5.74) is 1.73. The number of ether oxygens (including phenoxy) is 3. The van der Waals surface area contributed by atoms with E-state index in [-0.39, 0.29) is 5.60 Å². The van der Waals surface area contributed by atoms with E-state index in [9.17, 15) is 4.79 Å². The van der Waals surface area contributed by atoms with Gasteiger partial charge in [-0.15, -0.1) is 0 Å². The van der Waals surface area contributed by atoms with E-state index in [0.717, 1.165) is 30.6 Å². The van der Waals surface area contributed by atoms with Crippen LogP contribution in [0.1, 0.15) is 24.0 Å². The van der Waals surface area contributed by atoms with Crippen molar-refractivity contribution in [2.45, 2.75) is 25.0 Å². The zero-order chi connectivity index (χ0) is 11.7. The Morgan fingerprint density at radius 1 is 1.53 bits per heavy atom. The second-order valence-electron chi connectivity index (χ2n) is 4.33. The fourth-order valence-corrected chi connectivity index (χ4v) is 2.51. The number of fused-ring (bicyclic) bond motifs is 2. The molecule has 5 nitrogen and oxygen atoms in total. The first kappa shape index (κ1) is 10.7. The van der Waals surface area contributed by atoms with Crippen molar-refractivity contribution >= 4 is 6.47 Å². The minimum atomic E-state index is -0.364. The molecular formula is C12H13NO4. The molecule has 0 aliphatic carbocycles. The maximum Gasteiger partial charge on any atom is 0.299 e. The van der Waals surface area contributed by atoms with Gasteiger partial charge in [-0.05, 0) is 18.4 Å². The van der Waals surface area contributed by atoms with Gasteiger partial charge >= 0.3 is 0 Å². The molecule has 0 bridgehead atoms. The van der Waals surface area contributed by atoms with Crippen LogP contribution in [-0.2, 0) is 26.5 Å². The van der Waals surface area contributed by atoms with Crippen LogP contribution in [0, 0.1) is 0 Å². The monoisotopic (exact) mass is 235 g/mol. The van der Waals surface area contributed by atoms with Crippen LogP contribution in [-0.4, -0.2) is 24.7 Å². The molecule has 5 heteroatoms. The molecule has 0 aromatic carbocycles. The van der Waals surface area contributed by atoms with Crippen LogP contribution in [0.3, 0.4) is 0 Å². The second-order valence-corrected chi connectivity index (χ2v) is 4.33. The number of nitrogens with zero attached hydrogens (tertiary/aromatic N) is 1. The molecule has 1 saturated heterocycles. The highest BCUT2D eigenvalue weighted by atomic mass is 16.5. The number of aromatic nitrogens is 1. The number of pyridine rings is 1. The van der Waals surface area contributed by atoms with Crippen LogP contribution in [0.25, 0.3) is 0 Å². The third kappa shape index (κ3) is 1.71. The van der Waals surface area contributed by atoms with Gasteiger partial charge in [0.2, 0.25) is 5.88 Å². The Kier molecular flexibility index (Phi) is 2.57. The molecule has 1 unspecified atom stereocenters. The smallest absolute Gasteiger partial charge is 0.299 e. The Morgan fingerprint density at radius 3 is 3.24 bits per heavy atom. The van der Waals surface area contributed by atoms with Gasteiger partial charge in [-0.2, -0.15) is 0 Å². The minimum Gasteiger partial charge on any atom is -0.410 e. The Morgan fingerprint density at radius 2 is 2.47 bits per heavy atom. The fourth-order valence-electron chi connectivity index (χ4n) is 2.51. The van der Waals surface area contributed by atoms with Crippen molar-refractivity contribution in [2.24, 2.45) is 0 Å². The van der Waals surface area contributed by atoms with Crippen LogP contribution in [0.15, 0.2) is 12.3 Å². The first-order valence-electron chi connectivity index (χ1n) is 5.65. The van der Waals surface area contributed by atoms with E-state index in [0.29, 0.717) is 25.6 Å². The lowest BCUT2D eigenvalue weighted by atomic mass is 9.88. The van der Waals surface area contributed by atoms with Crippen molar-refractivity contribution in [3.05, 3.63) is 23.4 Å². The maximum atomic E-state index is 10.3. The predicted molar refractivity (Wildman–Crippen MR) is 57.4 cm³/mol. The minimum absolute atomic E-state index is 0.314. The van der Waals surface area contributed by atoms with E-state index >= 15 is 0 Å². The highest BCUT2D eigenvalue weighted by molar-refractivity contribution is 5.45. The maximum absolute atomic E-state index is 10.3. The summed E-state index contributed by atoms with van der Waals surface area (Å²) in [6.45, 7) is 2.27. The number of carbonyl (C=O) groups is 1. The molecule has 2 aliphatic heterocycles. The molecule has 1 spiro atoms. The molecule has 17 heavy (non-hydrogen) atoms. The molecule has 1 aromatic heterocycles. The molecule has 1 atom stereocenters. The van der Waals surface area contributed by atoms with Crippen LogP contribution in [0.5, 0.6) is 5.88 Å². The Labute approximate surface area is 98.7 Å². The van der Waals surface area contributed by atoms with Gasteiger partial charge in [0.15, 0.2) is 0 Å². The number of carbonyl (C=O) groups excluding carboxylic acids is 1. The Hall–Kier alpha value is -1.46. The average Bonchev–Trinajstić information content (AvgIpc) is 2.70. The van der Waals surface area contributed by atoms with E-state index in [1.807, 2.05) is 0 Å². The normalized spacial score (nSPS) is 26.8. The predicted octanol–water partition coefficient (Wildman–Crippen LogP) is 1.15. The summed E-state index contributed by atoms with van der Waals surface area (Å²) >= 11 is 0. The molecular weight excluding hydrogens is 222 g/mol. The molecule has 1 fully saturated rings. The Bertz CT molecular complexity index is 435. The van der Waals surface area contributed by atoms with Gasteiger partial charge in [-0.1, -0.05) is 0 Å². The van der Waals surface area contributed by atoms with E-state index in [1.54, 1.807) is 12.3 Å². The molecule has 0 radical (unpaired) electrons. The molecule has 2 aliphatic rings. The fraction of sp³-hybridized carbons (Fsp3) is 0.500. The van der Waals surface area contributed by atoms with Gasteiger partial charge in [0.05, 0.1) is 13.2 Å². The van der Waals surface area contributed by atoms with E-state index in [2.05, 4.69) is 4.98 Å². The van der Waals surface area contributed by atoms with Gasteiger partial charge in [0, 0.05) is 24.4 Å². The van der Waals surface area contributed by atoms with Crippen molar-refractivity contribution in [2.75, 3.05) is 13.2 Å². The van der Waals surface area contributed by atoms with Crippen molar-refractivity contribution < 1.29 is 19.0 Å². The quantitative estimate of drug-likeness (QED) is 0.720. The lowest BCUT2D eigenvalue weighted by molar-refractivity contribution is -0.126. The van der Waals surface area contributed by atoms with E-state index < -0.39 is 0 Å². The highest BCUT2D eigenvalue weighted by Gasteiger charge is 2.42. The highest BCUT2D eigenvalue weighted by Crippen LogP contribution is 2.42. The number of hydrogen-bond acceptors (Lipinski definition) is 5. The van der Waals surface area contributed by atoms with Crippen LogP contribution in [0.4, 0.5) is 0 Å². The average molecular weight is 235 g/mol. The number of rotatable bonds is 2. The third-order valence-electron chi connectivity index (χ3n) is 3.33. The SMILES string of the molecule is O=COc1cc2c(cn1)COC21CCCOC1. The van der Waals surface area contributed by atoms with Crippen LogP contribution >= 0.6 is 0 Å². The van der Waals surface area contributed by atoms with Gasteiger partial charge in [0.1, 0.15) is 5.60 Å². The van der Waals surface area contributed by atoms with Crippen molar-refractivity contribution in [1.29, 1.82) is 0 Å². The second kappa shape index (κ2) is 4.09. The summed E-state index contributed by atoms with van der Waals surface area (Å²) in [6, 6.07) is 1.78. The van der Waals surface area contributed by atoms with Crippen molar-refractivity contribution in [1.82, 2.24) is 4.98 Å². The summed E-state index contributed by atoms with van der Waals surface area (Å²) in [7, 11) is 0. The first-order chi connectivity index (χ1) is 8.34. The topological polar surface area (TPSA) is 57.7 Å². The lowest BCUT2D eigenvalue weighted by Crippen LogP contribution is -2.35. The first-order valence-corrected chi connectivity index (χ1v) is 5.65. The third-order valence-corrected chi connectivity index (χ3v) is 3.33. The molecule has 0 N–H and O–H groups in total. The molecule has 0 saturated carbocycles. The van der Waals surface area contributed by atoms with Gasteiger partial charge in [-0.25, -0.2) is 4.98 Å². The largest absolute Gasteiger partial charge is 0.410 e. The molecule has 1 aromatic rings. The van der Waals surface area contributed by atoms with Crippen molar-refractivity contribution in [3.8, 4) is 5.88 Å². The zero-order valence-corrected chi connectivity index (χ0v) is 9.35. The lowest BCUT2D eigenvalue weighted by Gasteiger charge is -2.33. The summed E-state index contributed by atoms with van der Waals surface area (Å²) < 4.78 is 16.2. The summed E-state index contributed by atoms with van der Waals surface area (Å²) in [5, 5.41) is 0. The summed E-state index contributed by atoms with van der Waals surface area (Å²) in [4.78, 5) is 14.4. The Balaban J connectivity index is 1.98. The zero-order valence-electron chi connectivity index (χ0n) is 9.35. The van der Waals surface area contributed by atoms with Crippen LogP contribution in [0.2, 0.25) is 0 Å². The molecule has 3 rings (SSSR count). The summed E-state index contributed by atoms with van der Waals surface area (Å²) in [6.07, 6.45) is 3.62. The molecule has 0 amide bonds. The van der Waals surface area contributed by atoms with Crippen LogP contribution < -0.4 is 4.74 Å². The van der Waals surface area contributed by atoms with Gasteiger partial charge < -0.3 is 14.2 Å². The summed E-state index contributed by atoms with van der Waals surface area (Å²) in [5.74, 6) is 0.314. The van der Waals surface area contributed by atoms with E-state index in [1.165, 1.54) is 0 Å². The number of hydrogen-bond donors (Lipinski definition) is 0. The van der Waals surface area contributed by atoms with Gasteiger partial charge in [0.25, 0.3) is 6.47 Å². The van der Waals surface area contributed by atoms with E-state index in [4.69, 9.17) is 14.2 Å². The standard InChI is InChI=1S/C12H13NO4/c14-8-16-11-4-10-9(5-13-11)6-17-12(10)2-1-3-15-7-12/h4-5,8H,1-3,6-7H2. The van der Waals surface area contributed by atoms with Gasteiger partial charge in [-0.3, -0.25) is 4.79 Å². The molecule has 90 valence electrons.